The van der Waals surface area contributed by atoms with Crippen LogP contribution in [0.25, 0.3) is 0 Å². The average Bonchev–Trinajstić information content (AvgIpc) is 2.84. The Morgan fingerprint density at radius 2 is 1.79 bits per heavy atom. The van der Waals surface area contributed by atoms with Crippen LogP contribution in [0, 0.1) is 0 Å². The monoisotopic (exact) mass is 562 g/mol. The first-order chi connectivity index (χ1) is 16.5. The van der Waals surface area contributed by atoms with Crippen LogP contribution in [0.2, 0.25) is 10.0 Å². The fourth-order valence-corrected chi connectivity index (χ4v) is 4.61. The van der Waals surface area contributed by atoms with Crippen molar-refractivity contribution in [3.63, 3.8) is 0 Å². The molecule has 0 bridgehead atoms. The molecule has 0 aliphatic carbocycles. The highest BCUT2D eigenvalue weighted by atomic mass is 79.9. The average molecular weight is 564 g/mol. The molecule has 0 radical (unpaired) electrons. The summed E-state index contributed by atoms with van der Waals surface area (Å²) in [6.07, 6.45) is 1.82. The second kappa shape index (κ2) is 11.9. The van der Waals surface area contributed by atoms with Crippen molar-refractivity contribution in [1.82, 2.24) is 0 Å². The van der Waals surface area contributed by atoms with Crippen molar-refractivity contribution in [2.45, 2.75) is 13.5 Å². The molecule has 0 unspecified atom stereocenters. The molecule has 0 N–H and O–H groups in total. The van der Waals surface area contributed by atoms with Crippen molar-refractivity contribution in [2.24, 2.45) is 4.99 Å². The van der Waals surface area contributed by atoms with E-state index < -0.39 is 0 Å². The van der Waals surface area contributed by atoms with E-state index in [4.69, 9.17) is 37.4 Å². The van der Waals surface area contributed by atoms with Gasteiger partial charge in [0.2, 0.25) is 0 Å². The first-order valence-electron chi connectivity index (χ1n) is 11.0. The van der Waals surface area contributed by atoms with E-state index in [2.05, 4.69) is 38.0 Å². The number of hydrogen-bond acceptors (Lipinski definition) is 5. The molecule has 3 aromatic carbocycles. The molecule has 1 aliphatic heterocycles. The highest BCUT2D eigenvalue weighted by molar-refractivity contribution is 9.10. The number of anilines is 1. The van der Waals surface area contributed by atoms with Gasteiger partial charge in [-0.25, -0.2) is 0 Å². The van der Waals surface area contributed by atoms with Gasteiger partial charge in [0.05, 0.1) is 30.0 Å². The van der Waals surface area contributed by atoms with Gasteiger partial charge in [0.25, 0.3) is 0 Å². The summed E-state index contributed by atoms with van der Waals surface area (Å²) in [5, 5.41) is 1.15. The van der Waals surface area contributed by atoms with E-state index in [1.165, 1.54) is 5.69 Å². The Balaban J connectivity index is 1.48. The largest absolute Gasteiger partial charge is 0.490 e. The fraction of sp³-hybridized carbons (Fsp3) is 0.269. The van der Waals surface area contributed by atoms with Crippen molar-refractivity contribution >= 4 is 56.7 Å². The maximum Gasteiger partial charge on any atom is 0.175 e. The van der Waals surface area contributed by atoms with Gasteiger partial charge < -0.3 is 19.1 Å². The molecule has 0 spiro atoms. The Bertz CT molecular complexity index is 1150. The smallest absolute Gasteiger partial charge is 0.175 e. The standard InChI is InChI=1S/C26H25BrCl2N2O3/c1-2-33-25-14-18(13-23(27)26(25)34-17-19-3-4-20(28)15-24(19)29)16-30-21-5-7-22(8-6-21)31-9-11-32-12-10-31/h3-8,13-16H,2,9-12,17H2,1H3. The van der Waals surface area contributed by atoms with Crippen molar-refractivity contribution in [1.29, 1.82) is 0 Å². The van der Waals surface area contributed by atoms with Gasteiger partial charge in [-0.1, -0.05) is 29.3 Å². The third-order valence-corrected chi connectivity index (χ3v) is 6.48. The second-order valence-electron chi connectivity index (χ2n) is 7.66. The zero-order valence-corrected chi connectivity index (χ0v) is 21.9. The first-order valence-corrected chi connectivity index (χ1v) is 12.6. The van der Waals surface area contributed by atoms with Crippen LogP contribution in [0.1, 0.15) is 18.1 Å². The van der Waals surface area contributed by atoms with Crippen LogP contribution in [0.15, 0.2) is 64.1 Å². The van der Waals surface area contributed by atoms with Crippen LogP contribution < -0.4 is 14.4 Å². The van der Waals surface area contributed by atoms with E-state index >= 15 is 0 Å². The van der Waals surface area contributed by atoms with Gasteiger partial charge in [-0.2, -0.15) is 0 Å². The molecule has 34 heavy (non-hydrogen) atoms. The second-order valence-corrected chi connectivity index (χ2v) is 9.36. The molecular weight excluding hydrogens is 539 g/mol. The van der Waals surface area contributed by atoms with Crippen LogP contribution in [0.4, 0.5) is 11.4 Å². The molecule has 1 aliphatic rings. The van der Waals surface area contributed by atoms with E-state index in [-0.39, 0.29) is 6.61 Å². The van der Waals surface area contributed by atoms with Gasteiger partial charge in [0, 0.05) is 40.6 Å². The molecule has 1 fully saturated rings. The molecular formula is C26H25BrCl2N2O3. The first kappa shape index (κ1) is 24.9. The molecule has 0 amide bonds. The molecule has 3 aromatic rings. The molecule has 1 saturated heterocycles. The molecule has 4 rings (SSSR count). The Morgan fingerprint density at radius 3 is 2.50 bits per heavy atom. The molecule has 0 aromatic heterocycles. The summed E-state index contributed by atoms with van der Waals surface area (Å²) >= 11 is 15.9. The maximum absolute atomic E-state index is 6.28. The lowest BCUT2D eigenvalue weighted by Crippen LogP contribution is -2.36. The van der Waals surface area contributed by atoms with E-state index in [1.807, 2.05) is 43.5 Å². The number of rotatable bonds is 8. The highest BCUT2D eigenvalue weighted by Gasteiger charge is 2.14. The van der Waals surface area contributed by atoms with Crippen LogP contribution in [-0.4, -0.2) is 39.1 Å². The Morgan fingerprint density at radius 1 is 1.03 bits per heavy atom. The molecule has 1 heterocycles. The summed E-state index contributed by atoms with van der Waals surface area (Å²) in [6, 6.07) is 17.4. The van der Waals surface area contributed by atoms with Crippen molar-refractivity contribution in [2.75, 3.05) is 37.8 Å². The zero-order valence-electron chi connectivity index (χ0n) is 18.8. The number of aliphatic imine (C=N–C) groups is 1. The third kappa shape index (κ3) is 6.45. The third-order valence-electron chi connectivity index (χ3n) is 5.31. The number of nitrogens with zero attached hydrogens (tertiary/aromatic N) is 2. The summed E-state index contributed by atoms with van der Waals surface area (Å²) < 4.78 is 18.1. The fourth-order valence-electron chi connectivity index (χ4n) is 3.57. The summed E-state index contributed by atoms with van der Waals surface area (Å²) in [5.41, 5.74) is 3.80. The van der Waals surface area contributed by atoms with Gasteiger partial charge in [-0.3, -0.25) is 4.99 Å². The molecule has 8 heteroatoms. The number of ether oxygens (including phenoxy) is 3. The number of morpholine rings is 1. The lowest BCUT2D eigenvalue weighted by Gasteiger charge is -2.28. The zero-order chi connectivity index (χ0) is 23.9. The molecule has 0 saturated carbocycles. The Hall–Kier alpha value is -2.25. The molecule has 0 atom stereocenters. The van der Waals surface area contributed by atoms with E-state index in [1.54, 1.807) is 12.1 Å². The van der Waals surface area contributed by atoms with Crippen LogP contribution in [-0.2, 0) is 11.3 Å². The number of halogens is 3. The van der Waals surface area contributed by atoms with E-state index in [0.717, 1.165) is 47.6 Å². The quantitative estimate of drug-likeness (QED) is 0.269. The van der Waals surface area contributed by atoms with Crippen LogP contribution >= 0.6 is 39.1 Å². The van der Waals surface area contributed by atoms with Gasteiger partial charge in [0.15, 0.2) is 11.5 Å². The number of benzene rings is 3. The van der Waals surface area contributed by atoms with Crippen molar-refractivity contribution in [3.8, 4) is 11.5 Å². The molecule has 178 valence electrons. The van der Waals surface area contributed by atoms with Gasteiger partial charge in [-0.15, -0.1) is 0 Å². The van der Waals surface area contributed by atoms with E-state index in [9.17, 15) is 0 Å². The topological polar surface area (TPSA) is 43.3 Å². The predicted octanol–water partition coefficient (Wildman–Crippen LogP) is 7.32. The van der Waals surface area contributed by atoms with Gasteiger partial charge in [-0.05, 0) is 76.9 Å². The van der Waals surface area contributed by atoms with Gasteiger partial charge >= 0.3 is 0 Å². The van der Waals surface area contributed by atoms with Gasteiger partial charge in [0.1, 0.15) is 6.61 Å². The minimum atomic E-state index is 0.289. The maximum atomic E-state index is 6.28. The van der Waals surface area contributed by atoms with Crippen molar-refractivity contribution in [3.05, 3.63) is 80.2 Å². The summed E-state index contributed by atoms with van der Waals surface area (Å²) in [6.45, 7) is 6.09. The summed E-state index contributed by atoms with van der Waals surface area (Å²) in [4.78, 5) is 6.95. The summed E-state index contributed by atoms with van der Waals surface area (Å²) in [5.74, 6) is 1.24. The van der Waals surface area contributed by atoms with E-state index in [0.29, 0.717) is 28.2 Å². The molecule has 5 nitrogen and oxygen atoms in total. The predicted molar refractivity (Wildman–Crippen MR) is 143 cm³/mol. The highest BCUT2D eigenvalue weighted by Crippen LogP contribution is 2.38. The van der Waals surface area contributed by atoms with Crippen LogP contribution in [0.3, 0.4) is 0 Å². The minimum Gasteiger partial charge on any atom is -0.490 e. The lowest BCUT2D eigenvalue weighted by molar-refractivity contribution is 0.122. The Kier molecular flexibility index (Phi) is 8.73. The van der Waals surface area contributed by atoms with Crippen LogP contribution in [0.5, 0.6) is 11.5 Å². The van der Waals surface area contributed by atoms with Crippen molar-refractivity contribution < 1.29 is 14.2 Å². The minimum absolute atomic E-state index is 0.289. The lowest BCUT2D eigenvalue weighted by atomic mass is 10.2. The Labute approximate surface area is 218 Å². The summed E-state index contributed by atoms with van der Waals surface area (Å²) in [7, 11) is 0. The normalized spacial score (nSPS) is 13.9. The number of hydrogen-bond donors (Lipinski definition) is 0. The SMILES string of the molecule is CCOc1cc(C=Nc2ccc(N3CCOCC3)cc2)cc(Br)c1OCc1ccc(Cl)cc1Cl.